The minimum Gasteiger partial charge on any atom is -0.322 e. The zero-order valence-corrected chi connectivity index (χ0v) is 16.5. The van der Waals surface area contributed by atoms with Gasteiger partial charge in [-0.3, -0.25) is 19.3 Å². The van der Waals surface area contributed by atoms with Crippen molar-refractivity contribution in [3.05, 3.63) is 32.7 Å². The van der Waals surface area contributed by atoms with E-state index in [9.17, 15) is 4.79 Å². The monoisotopic (exact) mass is 381 g/mol. The quantitative estimate of drug-likeness (QED) is 0.864. The minimum absolute atomic E-state index is 0.0256. The van der Waals surface area contributed by atoms with Gasteiger partial charge in [-0.25, -0.2) is 0 Å². The van der Waals surface area contributed by atoms with Gasteiger partial charge in [0.25, 0.3) is 0 Å². The number of anilines is 1. The number of halogens is 1. The lowest BCUT2D eigenvalue weighted by molar-refractivity contribution is -0.117. The molecule has 1 saturated heterocycles. The number of rotatable bonds is 5. The van der Waals surface area contributed by atoms with Crippen LogP contribution in [0, 0.1) is 13.8 Å². The van der Waals surface area contributed by atoms with Crippen LogP contribution in [-0.4, -0.2) is 58.2 Å². The second-order valence-corrected chi connectivity index (χ2v) is 8.28. The summed E-state index contributed by atoms with van der Waals surface area (Å²) in [6.07, 6.45) is 0. The van der Waals surface area contributed by atoms with E-state index in [0.717, 1.165) is 54.1 Å². The largest absolute Gasteiger partial charge is 0.322 e. The molecule has 0 bridgehead atoms. The molecule has 3 heterocycles. The normalized spacial score (nSPS) is 16.3. The Morgan fingerprint density at radius 2 is 1.92 bits per heavy atom. The van der Waals surface area contributed by atoms with Crippen LogP contribution in [0.15, 0.2) is 12.1 Å². The van der Waals surface area contributed by atoms with Gasteiger partial charge >= 0.3 is 0 Å². The molecule has 1 aliphatic heterocycles. The Morgan fingerprint density at radius 1 is 1.24 bits per heavy atom. The van der Waals surface area contributed by atoms with Gasteiger partial charge in [-0.1, -0.05) is 11.6 Å². The van der Waals surface area contributed by atoms with Gasteiger partial charge in [-0.15, -0.1) is 11.3 Å². The molecule has 25 heavy (non-hydrogen) atoms. The van der Waals surface area contributed by atoms with Gasteiger partial charge in [0.2, 0.25) is 5.91 Å². The fraction of sp³-hybridized carbons (Fsp3) is 0.529. The van der Waals surface area contributed by atoms with E-state index in [1.807, 2.05) is 27.0 Å². The number of nitrogens with one attached hydrogen (secondary N) is 1. The maximum Gasteiger partial charge on any atom is 0.238 e. The van der Waals surface area contributed by atoms with Crippen LogP contribution < -0.4 is 5.32 Å². The Labute approximate surface area is 157 Å². The predicted molar refractivity (Wildman–Crippen MR) is 102 cm³/mol. The van der Waals surface area contributed by atoms with E-state index in [1.165, 1.54) is 4.88 Å². The van der Waals surface area contributed by atoms with Crippen molar-refractivity contribution >= 4 is 34.5 Å². The van der Waals surface area contributed by atoms with Crippen LogP contribution in [0.3, 0.4) is 0 Å². The maximum atomic E-state index is 12.4. The minimum atomic E-state index is 0.0256. The van der Waals surface area contributed by atoms with Crippen molar-refractivity contribution in [1.29, 1.82) is 0 Å². The van der Waals surface area contributed by atoms with Crippen LogP contribution in [0.5, 0.6) is 0 Å². The highest BCUT2D eigenvalue weighted by Gasteiger charge is 2.20. The number of hydrogen-bond acceptors (Lipinski definition) is 5. The topological polar surface area (TPSA) is 53.4 Å². The zero-order valence-electron chi connectivity index (χ0n) is 14.9. The van der Waals surface area contributed by atoms with Crippen molar-refractivity contribution < 1.29 is 4.79 Å². The second kappa shape index (κ2) is 7.86. The van der Waals surface area contributed by atoms with Crippen LogP contribution in [0.2, 0.25) is 4.34 Å². The van der Waals surface area contributed by atoms with E-state index in [-0.39, 0.29) is 5.91 Å². The average molecular weight is 382 g/mol. The highest BCUT2D eigenvalue weighted by atomic mass is 35.5. The van der Waals surface area contributed by atoms with E-state index in [1.54, 1.807) is 16.0 Å². The lowest BCUT2D eigenvalue weighted by Gasteiger charge is -2.34. The highest BCUT2D eigenvalue weighted by Crippen LogP contribution is 2.23. The molecule has 1 aliphatic rings. The number of piperazine rings is 1. The summed E-state index contributed by atoms with van der Waals surface area (Å²) >= 11 is 7.63. The van der Waals surface area contributed by atoms with Crippen molar-refractivity contribution in [3.63, 3.8) is 0 Å². The first-order valence-corrected chi connectivity index (χ1v) is 9.61. The van der Waals surface area contributed by atoms with E-state index < -0.39 is 0 Å². The number of thiophene rings is 1. The lowest BCUT2D eigenvalue weighted by Crippen LogP contribution is -2.48. The highest BCUT2D eigenvalue weighted by molar-refractivity contribution is 7.16. The lowest BCUT2D eigenvalue weighted by atomic mass is 10.2. The second-order valence-electron chi connectivity index (χ2n) is 6.48. The Balaban J connectivity index is 1.46. The summed E-state index contributed by atoms with van der Waals surface area (Å²) in [4.78, 5) is 18.3. The molecule has 2 aromatic heterocycles. The van der Waals surface area contributed by atoms with Crippen LogP contribution in [0.4, 0.5) is 5.69 Å². The SMILES string of the molecule is Cc1nn(C)c(C)c1NC(=O)CN1CCN(Cc2ccc(Cl)s2)CC1. The molecule has 6 nitrogen and oxygen atoms in total. The fourth-order valence-electron chi connectivity index (χ4n) is 3.10. The van der Waals surface area contributed by atoms with E-state index in [2.05, 4.69) is 26.3 Å². The first-order valence-electron chi connectivity index (χ1n) is 8.41. The number of amides is 1. The van der Waals surface area contributed by atoms with E-state index >= 15 is 0 Å². The van der Waals surface area contributed by atoms with Crippen LogP contribution in [0.1, 0.15) is 16.3 Å². The summed E-state index contributed by atoms with van der Waals surface area (Å²) < 4.78 is 2.63. The third-order valence-electron chi connectivity index (χ3n) is 4.61. The molecule has 1 amide bonds. The molecule has 1 N–H and O–H groups in total. The van der Waals surface area contributed by atoms with Gasteiger partial charge in [-0.05, 0) is 26.0 Å². The molecule has 136 valence electrons. The molecule has 0 saturated carbocycles. The standard InChI is InChI=1S/C17H24ClN5OS/c1-12-17(13(2)21(3)20-12)19-16(24)11-23-8-6-22(7-9-23)10-14-4-5-15(18)25-14/h4-5H,6-11H2,1-3H3,(H,19,24). The Kier molecular flexibility index (Phi) is 5.78. The van der Waals surface area contributed by atoms with Crippen molar-refractivity contribution in [3.8, 4) is 0 Å². The van der Waals surface area contributed by atoms with E-state index in [0.29, 0.717) is 6.54 Å². The van der Waals surface area contributed by atoms with Crippen molar-refractivity contribution in [2.45, 2.75) is 20.4 Å². The fourth-order valence-corrected chi connectivity index (χ4v) is 4.23. The molecule has 0 aliphatic carbocycles. The number of hydrogen-bond donors (Lipinski definition) is 1. The maximum absolute atomic E-state index is 12.4. The third-order valence-corrected chi connectivity index (χ3v) is 5.83. The van der Waals surface area contributed by atoms with Crippen molar-refractivity contribution in [1.82, 2.24) is 19.6 Å². The third kappa shape index (κ3) is 4.61. The average Bonchev–Trinajstić information content (AvgIpc) is 3.07. The van der Waals surface area contributed by atoms with Crippen LogP contribution >= 0.6 is 22.9 Å². The molecular formula is C17H24ClN5OS. The number of carbonyl (C=O) groups is 1. The number of carbonyl (C=O) groups excluding carboxylic acids is 1. The van der Waals surface area contributed by atoms with Gasteiger partial charge in [0.05, 0.1) is 28.0 Å². The molecule has 0 radical (unpaired) electrons. The molecular weight excluding hydrogens is 358 g/mol. The molecule has 2 aromatic rings. The zero-order chi connectivity index (χ0) is 18.0. The van der Waals surface area contributed by atoms with Gasteiger partial charge in [0.1, 0.15) is 0 Å². The Hall–Kier alpha value is -1.41. The summed E-state index contributed by atoms with van der Waals surface area (Å²) in [5.74, 6) is 0.0256. The molecule has 0 atom stereocenters. The first kappa shape index (κ1) is 18.4. The Bertz CT molecular complexity index is 748. The van der Waals surface area contributed by atoms with E-state index in [4.69, 9.17) is 11.6 Å². The van der Waals surface area contributed by atoms with Gasteiger partial charge in [-0.2, -0.15) is 5.10 Å². The smallest absolute Gasteiger partial charge is 0.238 e. The van der Waals surface area contributed by atoms with Crippen molar-refractivity contribution in [2.24, 2.45) is 7.05 Å². The first-order chi connectivity index (χ1) is 11.9. The molecule has 3 rings (SSSR count). The van der Waals surface area contributed by atoms with Crippen LogP contribution in [-0.2, 0) is 18.4 Å². The number of aryl methyl sites for hydroxylation is 2. The number of aromatic nitrogens is 2. The van der Waals surface area contributed by atoms with Gasteiger partial charge < -0.3 is 5.32 Å². The Morgan fingerprint density at radius 3 is 2.48 bits per heavy atom. The number of nitrogens with zero attached hydrogens (tertiary/aromatic N) is 4. The summed E-state index contributed by atoms with van der Waals surface area (Å²) in [5, 5.41) is 7.35. The van der Waals surface area contributed by atoms with Crippen molar-refractivity contribution in [2.75, 3.05) is 38.0 Å². The summed E-state index contributed by atoms with van der Waals surface area (Å²) in [6.45, 7) is 8.97. The predicted octanol–water partition coefficient (Wildman–Crippen LogP) is 2.51. The van der Waals surface area contributed by atoms with Gasteiger partial charge in [0.15, 0.2) is 0 Å². The summed E-state index contributed by atoms with van der Waals surface area (Å²) in [7, 11) is 1.89. The molecule has 0 spiro atoms. The van der Waals surface area contributed by atoms with Crippen LogP contribution in [0.25, 0.3) is 0 Å². The molecule has 8 heteroatoms. The molecule has 0 aromatic carbocycles. The molecule has 1 fully saturated rings. The molecule has 0 unspecified atom stereocenters. The summed E-state index contributed by atoms with van der Waals surface area (Å²) in [5.41, 5.74) is 2.67. The summed E-state index contributed by atoms with van der Waals surface area (Å²) in [6, 6.07) is 4.04. The van der Waals surface area contributed by atoms with Gasteiger partial charge in [0, 0.05) is 44.6 Å².